The molecular weight excluding hydrogens is 386 g/mol. The van der Waals surface area contributed by atoms with Gasteiger partial charge in [-0.1, -0.05) is 0 Å². The van der Waals surface area contributed by atoms with Crippen molar-refractivity contribution in [2.75, 3.05) is 30.4 Å². The van der Waals surface area contributed by atoms with E-state index in [2.05, 4.69) is 25.2 Å². The smallest absolute Gasteiger partial charge is 0.229 e. The number of hydrogen-bond acceptors (Lipinski definition) is 7. The molecule has 1 aliphatic heterocycles. The Hall–Kier alpha value is -3.00. The molecule has 3 heterocycles. The Morgan fingerprint density at radius 2 is 1.97 bits per heavy atom. The van der Waals surface area contributed by atoms with Gasteiger partial charge in [0.05, 0.1) is 18.5 Å². The van der Waals surface area contributed by atoms with Gasteiger partial charge >= 0.3 is 0 Å². The number of piperidine rings is 1. The predicted octanol–water partition coefficient (Wildman–Crippen LogP) is 3.77. The lowest BCUT2D eigenvalue weighted by Crippen LogP contribution is -2.38. The summed E-state index contributed by atoms with van der Waals surface area (Å²) in [4.78, 5) is 27.9. The Morgan fingerprint density at radius 3 is 2.62 bits per heavy atom. The fourth-order valence-electron chi connectivity index (χ4n) is 3.43. The normalized spacial score (nSPS) is 14.6. The van der Waals surface area contributed by atoms with E-state index in [0.717, 1.165) is 54.4 Å². The number of rotatable bonds is 5. The molecular formula is C21H23N5O2S. The van der Waals surface area contributed by atoms with Crippen LogP contribution in [0.25, 0.3) is 11.3 Å². The van der Waals surface area contributed by atoms with Crippen molar-refractivity contribution in [1.29, 1.82) is 0 Å². The van der Waals surface area contributed by atoms with Crippen molar-refractivity contribution in [1.82, 2.24) is 15.0 Å². The Balaban J connectivity index is 1.38. The summed E-state index contributed by atoms with van der Waals surface area (Å²) in [7, 11) is 1.65. The topological polar surface area (TPSA) is 80.2 Å². The van der Waals surface area contributed by atoms with Crippen LogP contribution in [0.1, 0.15) is 18.5 Å². The Morgan fingerprint density at radius 1 is 1.21 bits per heavy atom. The third-order valence-electron chi connectivity index (χ3n) is 5.08. The first-order valence-corrected chi connectivity index (χ1v) is 10.4. The average Bonchev–Trinajstić information content (AvgIpc) is 3.18. The summed E-state index contributed by atoms with van der Waals surface area (Å²) >= 11 is 1.46. The van der Waals surface area contributed by atoms with Crippen molar-refractivity contribution in [2.45, 2.75) is 19.8 Å². The third kappa shape index (κ3) is 4.54. The molecule has 150 valence electrons. The van der Waals surface area contributed by atoms with Crippen LogP contribution in [0.4, 0.5) is 10.9 Å². The number of methoxy groups -OCH3 is 1. The number of anilines is 2. The molecule has 7 nitrogen and oxygen atoms in total. The molecule has 0 atom stereocenters. The van der Waals surface area contributed by atoms with E-state index in [0.29, 0.717) is 5.13 Å². The molecule has 1 aromatic carbocycles. The first-order valence-electron chi connectivity index (χ1n) is 9.57. The van der Waals surface area contributed by atoms with E-state index >= 15 is 0 Å². The first kappa shape index (κ1) is 19.3. The molecule has 4 rings (SSSR count). The van der Waals surface area contributed by atoms with Crippen LogP contribution in [0.15, 0.2) is 42.0 Å². The number of amides is 1. The van der Waals surface area contributed by atoms with Gasteiger partial charge in [-0.05, 0) is 44.0 Å². The number of benzene rings is 1. The van der Waals surface area contributed by atoms with Crippen LogP contribution in [0.2, 0.25) is 0 Å². The van der Waals surface area contributed by atoms with Gasteiger partial charge in [0, 0.05) is 36.0 Å². The lowest BCUT2D eigenvalue weighted by molar-refractivity contribution is -0.120. The van der Waals surface area contributed by atoms with Crippen LogP contribution in [0.3, 0.4) is 0 Å². The van der Waals surface area contributed by atoms with E-state index in [-0.39, 0.29) is 11.8 Å². The van der Waals surface area contributed by atoms with E-state index in [4.69, 9.17) is 4.74 Å². The Kier molecular flexibility index (Phi) is 5.71. The third-order valence-corrected chi connectivity index (χ3v) is 5.95. The van der Waals surface area contributed by atoms with Gasteiger partial charge in [0.25, 0.3) is 0 Å². The quantitative estimate of drug-likeness (QED) is 0.691. The van der Waals surface area contributed by atoms with Gasteiger partial charge in [0.15, 0.2) is 5.13 Å². The standard InChI is InChI=1S/C21H23N5O2S/c1-14-12-29-21(24-14)25-20(27)16-7-9-26(10-8-16)19-11-18(22-13-23-19)15-3-5-17(28-2)6-4-15/h3-6,11-13,16H,7-10H2,1-2H3,(H,24,25,27). The maximum atomic E-state index is 12.5. The molecule has 1 aliphatic rings. The molecule has 3 aromatic rings. The number of carbonyl (C=O) groups is 1. The first-order chi connectivity index (χ1) is 14.1. The maximum absolute atomic E-state index is 12.5. The lowest BCUT2D eigenvalue weighted by atomic mass is 9.96. The summed E-state index contributed by atoms with van der Waals surface area (Å²) in [5.74, 6) is 1.76. The molecule has 29 heavy (non-hydrogen) atoms. The number of nitrogens with zero attached hydrogens (tertiary/aromatic N) is 4. The number of nitrogens with one attached hydrogen (secondary N) is 1. The minimum Gasteiger partial charge on any atom is -0.497 e. The fraction of sp³-hybridized carbons (Fsp3) is 0.333. The summed E-state index contributed by atoms with van der Waals surface area (Å²) in [5, 5.41) is 5.56. The van der Waals surface area contributed by atoms with Gasteiger partial charge < -0.3 is 15.0 Å². The van der Waals surface area contributed by atoms with Crippen LogP contribution < -0.4 is 15.0 Å². The van der Waals surface area contributed by atoms with Gasteiger partial charge in [0.1, 0.15) is 17.9 Å². The van der Waals surface area contributed by atoms with E-state index in [1.165, 1.54) is 11.3 Å². The van der Waals surface area contributed by atoms with Crippen LogP contribution in [0.5, 0.6) is 5.75 Å². The summed E-state index contributed by atoms with van der Waals surface area (Å²) in [5.41, 5.74) is 2.82. The largest absolute Gasteiger partial charge is 0.497 e. The summed E-state index contributed by atoms with van der Waals surface area (Å²) in [6.45, 7) is 3.49. The van der Waals surface area contributed by atoms with Crippen LogP contribution in [-0.4, -0.2) is 41.1 Å². The van der Waals surface area contributed by atoms with Crippen LogP contribution in [-0.2, 0) is 4.79 Å². The fourth-order valence-corrected chi connectivity index (χ4v) is 4.12. The monoisotopic (exact) mass is 409 g/mol. The van der Waals surface area contributed by atoms with Gasteiger partial charge in [-0.2, -0.15) is 0 Å². The minimum atomic E-state index is -0.00153. The Labute approximate surface area is 173 Å². The highest BCUT2D eigenvalue weighted by molar-refractivity contribution is 7.13. The predicted molar refractivity (Wildman–Crippen MR) is 114 cm³/mol. The number of hydrogen-bond donors (Lipinski definition) is 1. The van der Waals surface area contributed by atoms with Crippen molar-refractivity contribution in [2.24, 2.45) is 5.92 Å². The molecule has 2 aromatic heterocycles. The maximum Gasteiger partial charge on any atom is 0.229 e. The highest BCUT2D eigenvalue weighted by Gasteiger charge is 2.26. The second-order valence-electron chi connectivity index (χ2n) is 7.03. The second kappa shape index (κ2) is 8.57. The lowest BCUT2D eigenvalue weighted by Gasteiger charge is -2.32. The molecule has 8 heteroatoms. The van der Waals surface area contributed by atoms with Crippen molar-refractivity contribution in [3.8, 4) is 17.0 Å². The molecule has 1 N–H and O–H groups in total. The molecule has 0 radical (unpaired) electrons. The number of ether oxygens (including phenoxy) is 1. The van der Waals surface area contributed by atoms with E-state index < -0.39 is 0 Å². The van der Waals surface area contributed by atoms with Crippen molar-refractivity contribution in [3.05, 3.63) is 47.7 Å². The van der Waals surface area contributed by atoms with Crippen LogP contribution >= 0.6 is 11.3 Å². The Bertz CT molecular complexity index is 981. The summed E-state index contributed by atoms with van der Waals surface area (Å²) in [6.07, 6.45) is 3.18. The number of thiazole rings is 1. The average molecular weight is 410 g/mol. The molecule has 0 unspecified atom stereocenters. The zero-order valence-corrected chi connectivity index (χ0v) is 17.3. The zero-order chi connectivity index (χ0) is 20.2. The zero-order valence-electron chi connectivity index (χ0n) is 16.5. The highest BCUT2D eigenvalue weighted by Crippen LogP contribution is 2.27. The molecule has 1 amide bonds. The number of carbonyl (C=O) groups excluding carboxylic acids is 1. The van der Waals surface area contributed by atoms with E-state index in [1.807, 2.05) is 42.6 Å². The van der Waals surface area contributed by atoms with Crippen molar-refractivity contribution >= 4 is 28.2 Å². The second-order valence-corrected chi connectivity index (χ2v) is 7.89. The van der Waals surface area contributed by atoms with Gasteiger partial charge in [0.2, 0.25) is 5.91 Å². The summed E-state index contributed by atoms with van der Waals surface area (Å²) in [6, 6.07) is 9.82. The van der Waals surface area contributed by atoms with Crippen LogP contribution in [0, 0.1) is 12.8 Å². The SMILES string of the molecule is COc1ccc(-c2cc(N3CCC(C(=O)Nc4nc(C)cs4)CC3)ncn2)cc1. The molecule has 1 saturated heterocycles. The molecule has 0 spiro atoms. The highest BCUT2D eigenvalue weighted by atomic mass is 32.1. The van der Waals surface area contributed by atoms with Gasteiger partial charge in [-0.3, -0.25) is 4.79 Å². The van der Waals surface area contributed by atoms with Gasteiger partial charge in [-0.25, -0.2) is 15.0 Å². The molecule has 0 bridgehead atoms. The molecule has 1 fully saturated rings. The minimum absolute atomic E-state index is 0.00153. The molecule has 0 saturated carbocycles. The van der Waals surface area contributed by atoms with Crippen molar-refractivity contribution in [3.63, 3.8) is 0 Å². The number of aromatic nitrogens is 3. The van der Waals surface area contributed by atoms with E-state index in [9.17, 15) is 4.79 Å². The van der Waals surface area contributed by atoms with Gasteiger partial charge in [-0.15, -0.1) is 11.3 Å². The van der Waals surface area contributed by atoms with Crippen molar-refractivity contribution < 1.29 is 9.53 Å². The number of aryl methyl sites for hydroxylation is 1. The molecule has 0 aliphatic carbocycles. The summed E-state index contributed by atoms with van der Waals surface area (Å²) < 4.78 is 5.21. The van der Waals surface area contributed by atoms with E-state index in [1.54, 1.807) is 13.4 Å².